The number of aromatic nitrogens is 2. The van der Waals surface area contributed by atoms with Crippen molar-refractivity contribution in [2.75, 3.05) is 6.54 Å². The maximum atomic E-state index is 12.1. The molecule has 0 aliphatic rings. The van der Waals surface area contributed by atoms with Gasteiger partial charge in [-0.3, -0.25) is 0 Å². The fraction of sp³-hybridized carbons (Fsp3) is 0.818. The van der Waals surface area contributed by atoms with Crippen LogP contribution in [0.15, 0.2) is 4.52 Å². The summed E-state index contributed by atoms with van der Waals surface area (Å²) >= 11 is 0. The molecule has 0 amide bonds. The lowest BCUT2D eigenvalue weighted by atomic mass is 9.94. The van der Waals surface area contributed by atoms with E-state index in [0.29, 0.717) is 18.9 Å². The van der Waals surface area contributed by atoms with Crippen LogP contribution in [-0.4, -0.2) is 22.9 Å². The molecule has 0 fully saturated rings. The van der Waals surface area contributed by atoms with Gasteiger partial charge in [0.2, 0.25) is 5.89 Å². The van der Waals surface area contributed by atoms with Gasteiger partial charge in [-0.05, 0) is 24.8 Å². The molecule has 18 heavy (non-hydrogen) atoms. The van der Waals surface area contributed by atoms with E-state index in [0.717, 1.165) is 6.42 Å². The van der Waals surface area contributed by atoms with Crippen molar-refractivity contribution in [3.8, 4) is 0 Å². The number of hydrogen-bond donors (Lipinski definition) is 1. The fourth-order valence-corrected chi connectivity index (χ4v) is 1.80. The smallest absolute Gasteiger partial charge is 0.339 e. The first-order chi connectivity index (χ1) is 8.30. The molecular weight excluding hydrogens is 247 g/mol. The summed E-state index contributed by atoms with van der Waals surface area (Å²) in [4.78, 5) is 3.74. The molecule has 1 aromatic rings. The topological polar surface area (TPSA) is 64.9 Å². The molecule has 0 spiro atoms. The van der Waals surface area contributed by atoms with Gasteiger partial charge in [0.05, 0.1) is 0 Å². The van der Waals surface area contributed by atoms with Gasteiger partial charge in [-0.15, -0.1) is 0 Å². The largest absolute Gasteiger partial charge is 0.396 e. The van der Waals surface area contributed by atoms with Crippen LogP contribution < -0.4 is 5.73 Å². The Morgan fingerprint density at radius 1 is 1.33 bits per heavy atom. The highest BCUT2D eigenvalue weighted by atomic mass is 19.4. The normalized spacial score (nSPS) is 14.2. The van der Waals surface area contributed by atoms with Crippen molar-refractivity contribution in [3.05, 3.63) is 11.7 Å². The Kier molecular flexibility index (Phi) is 5.13. The number of nitrogens with two attached hydrogens (primary N) is 1. The summed E-state index contributed by atoms with van der Waals surface area (Å²) in [6, 6.07) is 0. The van der Waals surface area contributed by atoms with E-state index >= 15 is 0 Å². The second-order valence-electron chi connectivity index (χ2n) is 4.83. The van der Waals surface area contributed by atoms with Crippen molar-refractivity contribution in [2.24, 2.45) is 17.6 Å². The summed E-state index contributed by atoms with van der Waals surface area (Å²) in [5.74, 6) is 0.531. The van der Waals surface area contributed by atoms with Crippen LogP contribution in [0, 0.1) is 11.8 Å². The summed E-state index contributed by atoms with van der Waals surface area (Å²) in [5, 5.41) is 3.32. The lowest BCUT2D eigenvalue weighted by molar-refractivity contribution is -0.128. The first kappa shape index (κ1) is 14.9. The van der Waals surface area contributed by atoms with E-state index in [1.165, 1.54) is 0 Å². The third-order valence-corrected chi connectivity index (χ3v) is 2.47. The monoisotopic (exact) mass is 265 g/mol. The lowest BCUT2D eigenvalue weighted by Gasteiger charge is -2.14. The van der Waals surface area contributed by atoms with Crippen molar-refractivity contribution in [1.29, 1.82) is 0 Å². The van der Waals surface area contributed by atoms with Crippen LogP contribution in [-0.2, 0) is 12.8 Å². The molecule has 7 heteroatoms. The van der Waals surface area contributed by atoms with E-state index in [-0.39, 0.29) is 17.6 Å². The Morgan fingerprint density at radius 3 is 2.50 bits per heavy atom. The van der Waals surface area contributed by atoms with Crippen molar-refractivity contribution in [3.63, 3.8) is 0 Å². The van der Waals surface area contributed by atoms with Gasteiger partial charge in [0.25, 0.3) is 0 Å². The van der Waals surface area contributed by atoms with Gasteiger partial charge in [0.15, 0.2) is 5.82 Å². The average Bonchev–Trinajstić information content (AvgIpc) is 2.61. The molecule has 1 unspecified atom stereocenters. The Balaban J connectivity index is 2.57. The first-order valence-electron chi connectivity index (χ1n) is 5.88. The second kappa shape index (κ2) is 6.17. The zero-order chi connectivity index (χ0) is 13.8. The van der Waals surface area contributed by atoms with Crippen molar-refractivity contribution < 1.29 is 17.7 Å². The molecule has 0 aliphatic heterocycles. The molecule has 0 saturated carbocycles. The molecule has 0 radical (unpaired) electrons. The molecular formula is C11H18F3N3O. The van der Waals surface area contributed by atoms with Crippen LogP contribution >= 0.6 is 0 Å². The van der Waals surface area contributed by atoms with Gasteiger partial charge >= 0.3 is 6.18 Å². The number of rotatable bonds is 6. The first-order valence-corrected chi connectivity index (χ1v) is 5.88. The van der Waals surface area contributed by atoms with E-state index in [9.17, 15) is 13.2 Å². The summed E-state index contributed by atoms with van der Waals surface area (Å²) in [5.41, 5.74) is 5.61. The van der Waals surface area contributed by atoms with Crippen molar-refractivity contribution >= 4 is 0 Å². The SMILES string of the molecule is CC(C)CC(CN)Cc1nc(CC(F)(F)F)no1. The number of hydrogen-bond acceptors (Lipinski definition) is 4. The van der Waals surface area contributed by atoms with Crippen LogP contribution in [0.1, 0.15) is 32.0 Å². The quantitative estimate of drug-likeness (QED) is 0.857. The maximum absolute atomic E-state index is 12.1. The molecule has 1 heterocycles. The molecule has 2 N–H and O–H groups in total. The third kappa shape index (κ3) is 5.48. The summed E-state index contributed by atoms with van der Waals surface area (Å²) in [6.07, 6.45) is -4.16. The van der Waals surface area contributed by atoms with E-state index in [1.54, 1.807) is 0 Å². The van der Waals surface area contributed by atoms with Gasteiger partial charge < -0.3 is 10.3 Å². The standard InChI is InChI=1S/C11H18F3N3O/c1-7(2)3-8(6-15)4-10-16-9(17-18-10)5-11(12,13)14/h7-8H,3-6,15H2,1-2H3. The third-order valence-electron chi connectivity index (χ3n) is 2.47. The fourth-order valence-electron chi connectivity index (χ4n) is 1.80. The number of alkyl halides is 3. The molecule has 0 bridgehead atoms. The molecule has 1 aromatic heterocycles. The highest BCUT2D eigenvalue weighted by Crippen LogP contribution is 2.20. The predicted octanol–water partition coefficient (Wildman–Crippen LogP) is 2.34. The molecule has 0 aromatic carbocycles. The van der Waals surface area contributed by atoms with Crippen LogP contribution in [0.2, 0.25) is 0 Å². The minimum atomic E-state index is -4.31. The summed E-state index contributed by atoms with van der Waals surface area (Å²) < 4.78 is 41.1. The minimum absolute atomic E-state index is 0.157. The molecule has 1 rings (SSSR count). The van der Waals surface area contributed by atoms with E-state index in [1.807, 2.05) is 0 Å². The minimum Gasteiger partial charge on any atom is -0.339 e. The molecule has 4 nitrogen and oxygen atoms in total. The van der Waals surface area contributed by atoms with Gasteiger partial charge in [0.1, 0.15) is 6.42 Å². The van der Waals surface area contributed by atoms with E-state index < -0.39 is 12.6 Å². The average molecular weight is 265 g/mol. The van der Waals surface area contributed by atoms with Gasteiger partial charge in [0, 0.05) is 6.42 Å². The van der Waals surface area contributed by atoms with Gasteiger partial charge in [-0.1, -0.05) is 19.0 Å². The molecule has 0 aliphatic carbocycles. The van der Waals surface area contributed by atoms with Crippen LogP contribution in [0.4, 0.5) is 13.2 Å². The number of halogens is 3. The Hall–Kier alpha value is -1.11. The Bertz CT molecular complexity index is 363. The van der Waals surface area contributed by atoms with Gasteiger partial charge in [-0.2, -0.15) is 18.2 Å². The zero-order valence-electron chi connectivity index (χ0n) is 10.5. The van der Waals surface area contributed by atoms with Crippen LogP contribution in [0.25, 0.3) is 0 Å². The van der Waals surface area contributed by atoms with E-state index in [4.69, 9.17) is 10.3 Å². The lowest BCUT2D eigenvalue weighted by Crippen LogP contribution is -2.19. The highest BCUT2D eigenvalue weighted by Gasteiger charge is 2.30. The molecule has 104 valence electrons. The highest BCUT2D eigenvalue weighted by molar-refractivity contribution is 4.90. The number of nitrogens with zero attached hydrogens (tertiary/aromatic N) is 2. The maximum Gasteiger partial charge on any atom is 0.396 e. The zero-order valence-corrected chi connectivity index (χ0v) is 10.5. The molecule has 1 atom stereocenters. The van der Waals surface area contributed by atoms with E-state index in [2.05, 4.69) is 24.0 Å². The van der Waals surface area contributed by atoms with Crippen LogP contribution in [0.3, 0.4) is 0 Å². The Morgan fingerprint density at radius 2 is 2.00 bits per heavy atom. The summed E-state index contributed by atoms with van der Waals surface area (Å²) in [7, 11) is 0. The predicted molar refractivity (Wildman–Crippen MR) is 59.8 cm³/mol. The van der Waals surface area contributed by atoms with Crippen LogP contribution in [0.5, 0.6) is 0 Å². The Labute approximate surface area is 104 Å². The summed E-state index contributed by atoms with van der Waals surface area (Å²) in [6.45, 7) is 4.58. The second-order valence-corrected chi connectivity index (χ2v) is 4.83. The van der Waals surface area contributed by atoms with Crippen molar-refractivity contribution in [2.45, 2.75) is 39.3 Å². The van der Waals surface area contributed by atoms with Crippen molar-refractivity contribution in [1.82, 2.24) is 10.1 Å². The molecule has 0 saturated heterocycles. The van der Waals surface area contributed by atoms with Gasteiger partial charge in [-0.25, -0.2) is 0 Å².